The number of rotatable bonds is 8. The van der Waals surface area contributed by atoms with Crippen LogP contribution in [-0.4, -0.2) is 44.0 Å². The topological polar surface area (TPSA) is 70.7 Å². The number of methoxy groups -OCH3 is 1. The molecule has 2 aromatic carbocycles. The van der Waals surface area contributed by atoms with E-state index in [1.54, 1.807) is 30.1 Å². The van der Waals surface area contributed by atoms with Gasteiger partial charge in [0, 0.05) is 11.4 Å². The molecule has 0 aromatic heterocycles. The van der Waals surface area contributed by atoms with Gasteiger partial charge >= 0.3 is 0 Å². The van der Waals surface area contributed by atoms with Crippen LogP contribution in [0.3, 0.4) is 0 Å². The minimum absolute atomic E-state index is 0.0759. The summed E-state index contributed by atoms with van der Waals surface area (Å²) < 4.78 is 5.08. The molecule has 6 nitrogen and oxygen atoms in total. The predicted octanol–water partition coefficient (Wildman–Crippen LogP) is 3.42. The summed E-state index contributed by atoms with van der Waals surface area (Å²) in [7, 11) is 3.24. The van der Waals surface area contributed by atoms with Crippen molar-refractivity contribution in [2.75, 3.05) is 37.9 Å². The number of ether oxygens (including phenoxy) is 1. The van der Waals surface area contributed by atoms with Crippen molar-refractivity contribution in [1.82, 2.24) is 4.90 Å². The van der Waals surface area contributed by atoms with E-state index < -0.39 is 0 Å². The van der Waals surface area contributed by atoms with E-state index in [0.29, 0.717) is 16.5 Å². The van der Waals surface area contributed by atoms with Gasteiger partial charge < -0.3 is 15.4 Å². The number of carbonyl (C=O) groups excluding carboxylic acids is 2. The molecule has 2 rings (SSSR count). The Morgan fingerprint density at radius 2 is 1.74 bits per heavy atom. The first kappa shape index (κ1) is 20.7. The lowest BCUT2D eigenvalue weighted by atomic mass is 10.1. The van der Waals surface area contributed by atoms with Crippen LogP contribution in [0.2, 0.25) is 5.02 Å². The molecule has 0 spiro atoms. The van der Waals surface area contributed by atoms with Crippen molar-refractivity contribution in [3.8, 4) is 5.75 Å². The Balaban J connectivity index is 1.85. The van der Waals surface area contributed by atoms with Gasteiger partial charge in [-0.15, -0.1) is 0 Å². The van der Waals surface area contributed by atoms with Gasteiger partial charge in [0.25, 0.3) is 0 Å². The van der Waals surface area contributed by atoms with Gasteiger partial charge in [-0.25, -0.2) is 0 Å². The minimum Gasteiger partial charge on any atom is -0.495 e. The van der Waals surface area contributed by atoms with Crippen molar-refractivity contribution in [2.45, 2.75) is 13.3 Å². The van der Waals surface area contributed by atoms with Crippen LogP contribution in [0.15, 0.2) is 42.5 Å². The molecule has 0 aliphatic carbocycles. The van der Waals surface area contributed by atoms with E-state index in [2.05, 4.69) is 10.6 Å². The van der Waals surface area contributed by atoms with Crippen LogP contribution in [0.25, 0.3) is 0 Å². The average molecular weight is 390 g/mol. The summed E-state index contributed by atoms with van der Waals surface area (Å²) in [6.45, 7) is 2.22. The van der Waals surface area contributed by atoms with Gasteiger partial charge in [-0.1, -0.05) is 36.7 Å². The fourth-order valence-corrected chi connectivity index (χ4v) is 2.89. The number of para-hydroxylation sites is 1. The number of carbonyl (C=O) groups is 2. The van der Waals surface area contributed by atoms with Gasteiger partial charge in [0.15, 0.2) is 0 Å². The normalized spacial score (nSPS) is 10.6. The Hall–Kier alpha value is -2.57. The molecule has 2 aromatic rings. The molecule has 0 saturated heterocycles. The zero-order chi connectivity index (χ0) is 19.8. The number of hydrogen-bond acceptors (Lipinski definition) is 4. The van der Waals surface area contributed by atoms with E-state index in [0.717, 1.165) is 17.7 Å². The summed E-state index contributed by atoms with van der Waals surface area (Å²) in [6, 6.07) is 12.7. The highest BCUT2D eigenvalue weighted by atomic mass is 35.5. The van der Waals surface area contributed by atoms with Crippen molar-refractivity contribution < 1.29 is 14.3 Å². The zero-order valence-corrected chi connectivity index (χ0v) is 16.5. The van der Waals surface area contributed by atoms with E-state index in [1.165, 1.54) is 7.11 Å². The van der Waals surface area contributed by atoms with Crippen LogP contribution in [-0.2, 0) is 16.0 Å². The Morgan fingerprint density at radius 3 is 2.37 bits per heavy atom. The number of likely N-dealkylation sites (N-methyl/N-ethyl adjacent to an activating group) is 1. The van der Waals surface area contributed by atoms with Crippen molar-refractivity contribution in [3.63, 3.8) is 0 Å². The Bertz CT molecular complexity index is 811. The van der Waals surface area contributed by atoms with Crippen LogP contribution in [0.4, 0.5) is 11.4 Å². The van der Waals surface area contributed by atoms with E-state index in [-0.39, 0.29) is 24.9 Å². The molecule has 0 bridgehead atoms. The first-order chi connectivity index (χ1) is 12.9. The zero-order valence-electron chi connectivity index (χ0n) is 15.7. The fraction of sp³-hybridized carbons (Fsp3) is 0.300. The molecule has 2 N–H and O–H groups in total. The smallest absolute Gasteiger partial charge is 0.238 e. The van der Waals surface area contributed by atoms with Gasteiger partial charge in [0.1, 0.15) is 5.75 Å². The third-order valence-corrected chi connectivity index (χ3v) is 4.23. The third kappa shape index (κ3) is 6.27. The van der Waals surface area contributed by atoms with Gasteiger partial charge in [0.05, 0.1) is 25.2 Å². The molecule has 0 heterocycles. The number of nitrogens with one attached hydrogen (secondary N) is 2. The first-order valence-corrected chi connectivity index (χ1v) is 9.00. The summed E-state index contributed by atoms with van der Waals surface area (Å²) in [5.74, 6) is 0.134. The first-order valence-electron chi connectivity index (χ1n) is 8.62. The largest absolute Gasteiger partial charge is 0.495 e. The number of benzene rings is 2. The van der Waals surface area contributed by atoms with Gasteiger partial charge in [-0.05, 0) is 43.3 Å². The SMILES string of the molecule is CCc1ccccc1NC(=O)CN(C)CC(=O)Nc1ccc(OC)c(Cl)c1. The van der Waals surface area contributed by atoms with Crippen LogP contribution in [0.1, 0.15) is 12.5 Å². The van der Waals surface area contributed by atoms with Gasteiger partial charge in [-0.3, -0.25) is 14.5 Å². The molecule has 0 radical (unpaired) electrons. The lowest BCUT2D eigenvalue weighted by Gasteiger charge is -2.17. The number of anilines is 2. The fourth-order valence-electron chi connectivity index (χ4n) is 2.63. The van der Waals surface area contributed by atoms with Crippen LogP contribution in [0, 0.1) is 0 Å². The van der Waals surface area contributed by atoms with Crippen molar-refractivity contribution >= 4 is 34.8 Å². The highest BCUT2D eigenvalue weighted by molar-refractivity contribution is 6.32. The molecule has 0 aliphatic heterocycles. The third-order valence-electron chi connectivity index (χ3n) is 3.93. The monoisotopic (exact) mass is 389 g/mol. The maximum absolute atomic E-state index is 12.2. The maximum atomic E-state index is 12.2. The molecular formula is C20H24ClN3O3. The summed E-state index contributed by atoms with van der Waals surface area (Å²) >= 11 is 6.05. The number of hydrogen-bond donors (Lipinski definition) is 2. The van der Waals surface area contributed by atoms with Gasteiger partial charge in [0.2, 0.25) is 11.8 Å². The number of halogens is 1. The van der Waals surface area contributed by atoms with E-state index >= 15 is 0 Å². The second-order valence-corrected chi connectivity index (χ2v) is 6.54. The summed E-state index contributed by atoms with van der Waals surface area (Å²) in [6.07, 6.45) is 0.832. The standard InChI is InChI=1S/C20H24ClN3O3/c1-4-14-7-5-6-8-17(14)23-20(26)13-24(2)12-19(25)22-15-9-10-18(27-3)16(21)11-15/h5-11H,4,12-13H2,1-3H3,(H,22,25)(H,23,26). The molecule has 0 atom stereocenters. The number of amides is 2. The molecule has 0 aliphatic rings. The summed E-state index contributed by atoms with van der Waals surface area (Å²) in [5, 5.41) is 6.06. The lowest BCUT2D eigenvalue weighted by molar-refractivity contribution is -0.119. The molecule has 2 amide bonds. The van der Waals surface area contributed by atoms with E-state index in [4.69, 9.17) is 16.3 Å². The highest BCUT2D eigenvalue weighted by Gasteiger charge is 2.13. The van der Waals surface area contributed by atoms with Crippen molar-refractivity contribution in [3.05, 3.63) is 53.1 Å². The average Bonchev–Trinajstić information content (AvgIpc) is 2.61. The number of aryl methyl sites for hydroxylation is 1. The Labute approximate surface area is 164 Å². The van der Waals surface area contributed by atoms with E-state index in [9.17, 15) is 9.59 Å². The van der Waals surface area contributed by atoms with Gasteiger partial charge in [-0.2, -0.15) is 0 Å². The molecule has 0 saturated carbocycles. The summed E-state index contributed by atoms with van der Waals surface area (Å²) in [4.78, 5) is 26.0. The minimum atomic E-state index is -0.236. The second kappa shape index (κ2) is 9.94. The summed E-state index contributed by atoms with van der Waals surface area (Å²) in [5.41, 5.74) is 2.44. The maximum Gasteiger partial charge on any atom is 0.238 e. The molecule has 144 valence electrons. The molecular weight excluding hydrogens is 366 g/mol. The molecule has 27 heavy (non-hydrogen) atoms. The predicted molar refractivity (Wildman–Crippen MR) is 109 cm³/mol. The van der Waals surface area contributed by atoms with Crippen molar-refractivity contribution in [1.29, 1.82) is 0 Å². The Morgan fingerprint density at radius 1 is 1.07 bits per heavy atom. The van der Waals surface area contributed by atoms with E-state index in [1.807, 2.05) is 31.2 Å². The quantitative estimate of drug-likeness (QED) is 0.725. The Kier molecular flexibility index (Phi) is 7.64. The molecule has 0 fully saturated rings. The molecule has 7 heteroatoms. The van der Waals surface area contributed by atoms with Crippen molar-refractivity contribution in [2.24, 2.45) is 0 Å². The highest BCUT2D eigenvalue weighted by Crippen LogP contribution is 2.27. The van der Waals surface area contributed by atoms with Crippen LogP contribution in [0.5, 0.6) is 5.75 Å². The number of nitrogens with zero attached hydrogens (tertiary/aromatic N) is 1. The van der Waals surface area contributed by atoms with Crippen LogP contribution >= 0.6 is 11.6 Å². The van der Waals surface area contributed by atoms with Crippen LogP contribution < -0.4 is 15.4 Å². The lowest BCUT2D eigenvalue weighted by Crippen LogP contribution is -2.36. The molecule has 0 unspecified atom stereocenters. The second-order valence-electron chi connectivity index (χ2n) is 6.13.